The Bertz CT molecular complexity index is 1380. The van der Waals surface area contributed by atoms with E-state index < -0.39 is 29.6 Å². The van der Waals surface area contributed by atoms with E-state index in [0.717, 1.165) is 28.8 Å². The number of carbonyl (C=O) groups is 1. The van der Waals surface area contributed by atoms with E-state index in [2.05, 4.69) is 10.2 Å². The predicted octanol–water partition coefficient (Wildman–Crippen LogP) is 4.70. The SMILES string of the molecule is CC[C@H](COCC(=O)O)c1c(C(C)(C)COC)n(-c2ccc(F)c(F)c2)c2cc3cn[nH]c3nc12. The number of carboxylic acid groups (broad SMARTS) is 1. The average Bonchev–Trinajstić information content (AvgIpc) is 3.39. The number of benzene rings is 1. The highest BCUT2D eigenvalue weighted by atomic mass is 19.2. The van der Waals surface area contributed by atoms with E-state index in [-0.39, 0.29) is 12.5 Å². The summed E-state index contributed by atoms with van der Waals surface area (Å²) in [5, 5.41) is 16.8. The number of aromatic nitrogens is 4. The molecule has 4 rings (SSSR count). The highest BCUT2D eigenvalue weighted by Crippen LogP contribution is 2.42. The van der Waals surface area contributed by atoms with Crippen LogP contribution in [0.5, 0.6) is 0 Å². The Morgan fingerprint density at radius 2 is 2.03 bits per heavy atom. The monoisotopic (exact) mass is 486 g/mol. The van der Waals surface area contributed by atoms with E-state index in [9.17, 15) is 13.6 Å². The van der Waals surface area contributed by atoms with Gasteiger partial charge in [-0.15, -0.1) is 0 Å². The Balaban J connectivity index is 2.08. The molecule has 4 aromatic rings. The summed E-state index contributed by atoms with van der Waals surface area (Å²) in [5.41, 5.74) is 3.42. The molecule has 186 valence electrons. The lowest BCUT2D eigenvalue weighted by atomic mass is 9.83. The molecule has 0 aliphatic carbocycles. The molecule has 0 spiro atoms. The van der Waals surface area contributed by atoms with Crippen LogP contribution in [0.2, 0.25) is 0 Å². The molecule has 1 atom stereocenters. The topological polar surface area (TPSA) is 102 Å². The minimum absolute atomic E-state index is 0.151. The van der Waals surface area contributed by atoms with Gasteiger partial charge in [0.15, 0.2) is 17.3 Å². The van der Waals surface area contributed by atoms with Crippen LogP contribution in [0.3, 0.4) is 0 Å². The number of pyridine rings is 1. The first kappa shape index (κ1) is 24.7. The lowest BCUT2D eigenvalue weighted by Crippen LogP contribution is -2.29. The highest BCUT2D eigenvalue weighted by molar-refractivity contribution is 5.94. The molecule has 0 aliphatic rings. The first-order valence-corrected chi connectivity index (χ1v) is 11.3. The lowest BCUT2D eigenvalue weighted by Gasteiger charge is -2.30. The van der Waals surface area contributed by atoms with Gasteiger partial charge in [-0.05, 0) is 24.6 Å². The molecule has 8 nitrogen and oxygen atoms in total. The minimum atomic E-state index is -1.05. The van der Waals surface area contributed by atoms with Crippen LogP contribution in [0.1, 0.15) is 44.4 Å². The van der Waals surface area contributed by atoms with E-state index in [4.69, 9.17) is 19.6 Å². The van der Waals surface area contributed by atoms with Gasteiger partial charge in [0.1, 0.15) is 6.61 Å². The second-order valence-electron chi connectivity index (χ2n) is 9.19. The van der Waals surface area contributed by atoms with Crippen molar-refractivity contribution in [3.05, 3.63) is 53.4 Å². The zero-order chi connectivity index (χ0) is 25.3. The number of carboxylic acids is 1. The number of methoxy groups -OCH3 is 1. The van der Waals surface area contributed by atoms with Gasteiger partial charge >= 0.3 is 5.97 Å². The van der Waals surface area contributed by atoms with Gasteiger partial charge in [0, 0.05) is 46.8 Å². The van der Waals surface area contributed by atoms with Crippen LogP contribution < -0.4 is 0 Å². The fourth-order valence-corrected chi connectivity index (χ4v) is 4.66. The van der Waals surface area contributed by atoms with Crippen LogP contribution in [0.25, 0.3) is 27.8 Å². The van der Waals surface area contributed by atoms with Crippen molar-refractivity contribution < 1.29 is 28.2 Å². The van der Waals surface area contributed by atoms with E-state index >= 15 is 0 Å². The second-order valence-corrected chi connectivity index (χ2v) is 9.19. The number of aromatic amines is 1. The summed E-state index contributed by atoms with van der Waals surface area (Å²) in [5.74, 6) is -3.17. The Morgan fingerprint density at radius 1 is 1.26 bits per heavy atom. The second kappa shape index (κ2) is 9.71. The molecule has 0 saturated carbocycles. The smallest absolute Gasteiger partial charge is 0.329 e. The highest BCUT2D eigenvalue weighted by Gasteiger charge is 2.35. The molecule has 0 amide bonds. The van der Waals surface area contributed by atoms with E-state index in [1.807, 2.05) is 31.4 Å². The fraction of sp³-hybridized carbons (Fsp3) is 0.400. The third kappa shape index (κ3) is 4.63. The van der Waals surface area contributed by atoms with Gasteiger partial charge in [0.2, 0.25) is 0 Å². The number of halogens is 2. The Kier molecular flexibility index (Phi) is 6.86. The minimum Gasteiger partial charge on any atom is -0.480 e. The maximum absolute atomic E-state index is 14.4. The molecule has 0 aliphatic heterocycles. The maximum atomic E-state index is 14.4. The molecule has 1 aromatic carbocycles. The van der Waals surface area contributed by atoms with Crippen LogP contribution in [0.15, 0.2) is 30.5 Å². The number of nitrogens with zero attached hydrogens (tertiary/aromatic N) is 3. The Morgan fingerprint density at radius 3 is 2.69 bits per heavy atom. The molecule has 35 heavy (non-hydrogen) atoms. The van der Waals surface area contributed by atoms with Crippen molar-refractivity contribution in [2.24, 2.45) is 0 Å². The number of aliphatic carboxylic acids is 1. The van der Waals surface area contributed by atoms with Crippen LogP contribution in [-0.4, -0.2) is 57.8 Å². The summed E-state index contributed by atoms with van der Waals surface area (Å²) >= 11 is 0. The number of rotatable bonds is 10. The first-order valence-electron chi connectivity index (χ1n) is 11.3. The molecular formula is C25H28F2N4O4. The van der Waals surface area contributed by atoms with Crippen molar-refractivity contribution >= 4 is 28.0 Å². The number of fused-ring (bicyclic) bond motifs is 2. The number of nitrogens with one attached hydrogen (secondary N) is 1. The molecular weight excluding hydrogens is 458 g/mol. The average molecular weight is 487 g/mol. The van der Waals surface area contributed by atoms with Gasteiger partial charge in [-0.1, -0.05) is 20.8 Å². The lowest BCUT2D eigenvalue weighted by molar-refractivity contribution is -0.142. The van der Waals surface area contributed by atoms with Crippen molar-refractivity contribution in [1.82, 2.24) is 19.7 Å². The summed E-state index contributed by atoms with van der Waals surface area (Å²) in [7, 11) is 1.60. The van der Waals surface area contributed by atoms with E-state index in [0.29, 0.717) is 35.4 Å². The van der Waals surface area contributed by atoms with Crippen LogP contribution in [0.4, 0.5) is 8.78 Å². The quantitative estimate of drug-likeness (QED) is 0.337. The Labute approximate surface area is 200 Å². The molecule has 10 heteroatoms. The van der Waals surface area contributed by atoms with Gasteiger partial charge in [0.05, 0.1) is 30.4 Å². The molecule has 3 heterocycles. The van der Waals surface area contributed by atoms with Crippen molar-refractivity contribution in [1.29, 1.82) is 0 Å². The molecule has 0 radical (unpaired) electrons. The zero-order valence-corrected chi connectivity index (χ0v) is 20.1. The molecule has 0 unspecified atom stereocenters. The largest absolute Gasteiger partial charge is 0.480 e. The summed E-state index contributed by atoms with van der Waals surface area (Å²) in [4.78, 5) is 15.9. The maximum Gasteiger partial charge on any atom is 0.329 e. The van der Waals surface area contributed by atoms with Crippen molar-refractivity contribution in [3.63, 3.8) is 0 Å². The van der Waals surface area contributed by atoms with Crippen LogP contribution in [-0.2, 0) is 19.7 Å². The molecule has 3 aromatic heterocycles. The van der Waals surface area contributed by atoms with Gasteiger partial charge < -0.3 is 19.1 Å². The molecule has 0 bridgehead atoms. The van der Waals surface area contributed by atoms with Gasteiger partial charge in [-0.2, -0.15) is 5.10 Å². The van der Waals surface area contributed by atoms with Gasteiger partial charge in [0.25, 0.3) is 0 Å². The number of hydrogen-bond acceptors (Lipinski definition) is 5. The van der Waals surface area contributed by atoms with Crippen molar-refractivity contribution in [2.75, 3.05) is 26.9 Å². The van der Waals surface area contributed by atoms with Gasteiger partial charge in [-0.3, -0.25) is 5.10 Å². The van der Waals surface area contributed by atoms with Crippen LogP contribution >= 0.6 is 0 Å². The predicted molar refractivity (Wildman–Crippen MR) is 127 cm³/mol. The third-order valence-corrected chi connectivity index (χ3v) is 6.13. The normalized spacial score (nSPS) is 13.1. The summed E-state index contributed by atoms with van der Waals surface area (Å²) in [6, 6.07) is 5.69. The molecule has 2 N–H and O–H groups in total. The number of H-pyrrole nitrogens is 1. The fourth-order valence-electron chi connectivity index (χ4n) is 4.66. The van der Waals surface area contributed by atoms with Crippen molar-refractivity contribution in [3.8, 4) is 5.69 Å². The summed E-state index contributed by atoms with van der Waals surface area (Å²) in [6.45, 7) is 6.06. The number of hydrogen-bond donors (Lipinski definition) is 2. The van der Waals surface area contributed by atoms with Crippen LogP contribution in [0, 0.1) is 11.6 Å². The van der Waals surface area contributed by atoms with E-state index in [1.165, 1.54) is 6.07 Å². The number of ether oxygens (including phenoxy) is 2. The van der Waals surface area contributed by atoms with Crippen molar-refractivity contribution in [2.45, 2.75) is 38.5 Å². The summed E-state index contributed by atoms with van der Waals surface area (Å²) in [6.07, 6.45) is 2.28. The Hall–Kier alpha value is -3.37. The van der Waals surface area contributed by atoms with Gasteiger partial charge in [-0.25, -0.2) is 18.6 Å². The zero-order valence-electron chi connectivity index (χ0n) is 20.1. The molecule has 0 saturated heterocycles. The van der Waals surface area contributed by atoms with E-state index in [1.54, 1.807) is 13.3 Å². The first-order chi connectivity index (χ1) is 16.7. The molecule has 0 fully saturated rings. The third-order valence-electron chi connectivity index (χ3n) is 6.13. The standard InChI is InChI=1S/C25H28F2N4O4/c1-5-14(11-35-12-20(32)33)21-22-19(8-15-10-28-30-24(15)29-22)31(23(21)25(2,3)13-34-4)16-6-7-17(26)18(27)9-16/h6-10,14H,5,11-13H2,1-4H3,(H,32,33)(H,28,29,30)/t14-/m1/s1. The summed E-state index contributed by atoms with van der Waals surface area (Å²) < 4.78 is 41.2.